The van der Waals surface area contributed by atoms with Gasteiger partial charge in [-0.3, -0.25) is 29.4 Å². The van der Waals surface area contributed by atoms with E-state index < -0.39 is 23.8 Å². The summed E-state index contributed by atoms with van der Waals surface area (Å²) in [5.41, 5.74) is 1.29. The lowest BCUT2D eigenvalue weighted by molar-refractivity contribution is -0.136. The summed E-state index contributed by atoms with van der Waals surface area (Å²) in [6.45, 7) is 3.97. The van der Waals surface area contributed by atoms with Gasteiger partial charge in [-0.25, -0.2) is 0 Å². The first-order valence-electron chi connectivity index (χ1n) is 7.90. The number of hydrogen-bond donors (Lipinski definition) is 1. The maximum atomic E-state index is 12.9. The number of carbonyl (C=O) groups excluding carboxylic acids is 4. The first-order valence-corrected chi connectivity index (χ1v) is 7.90. The van der Waals surface area contributed by atoms with Crippen LogP contribution < -0.4 is 10.2 Å². The quantitative estimate of drug-likeness (QED) is 0.834. The lowest BCUT2D eigenvalue weighted by atomic mass is 10.0. The van der Waals surface area contributed by atoms with Crippen molar-refractivity contribution in [1.82, 2.24) is 10.2 Å². The Morgan fingerprint density at radius 2 is 1.88 bits per heavy atom. The molecular weight excluding hydrogens is 310 g/mol. The molecule has 1 unspecified atom stereocenters. The second-order valence-electron chi connectivity index (χ2n) is 6.35. The van der Waals surface area contributed by atoms with Gasteiger partial charge in [-0.05, 0) is 32.4 Å². The van der Waals surface area contributed by atoms with Crippen molar-refractivity contribution in [3.05, 3.63) is 29.3 Å². The van der Waals surface area contributed by atoms with Crippen LogP contribution in [0.5, 0.6) is 0 Å². The van der Waals surface area contributed by atoms with Crippen molar-refractivity contribution in [1.29, 1.82) is 0 Å². The minimum absolute atomic E-state index is 0.114. The molecule has 1 aromatic rings. The van der Waals surface area contributed by atoms with E-state index in [1.54, 1.807) is 18.2 Å². The van der Waals surface area contributed by atoms with E-state index in [9.17, 15) is 19.2 Å². The summed E-state index contributed by atoms with van der Waals surface area (Å²) in [6, 6.07) is 4.32. The Kier molecular flexibility index (Phi) is 3.87. The molecule has 24 heavy (non-hydrogen) atoms. The highest BCUT2D eigenvalue weighted by molar-refractivity contribution is 6.25. The molecule has 3 rings (SSSR count). The molecule has 2 heterocycles. The summed E-state index contributed by atoms with van der Waals surface area (Å²) in [5.74, 6) is -1.94. The van der Waals surface area contributed by atoms with Gasteiger partial charge in [0.2, 0.25) is 11.8 Å². The molecule has 0 aromatic heterocycles. The second kappa shape index (κ2) is 5.74. The fourth-order valence-electron chi connectivity index (χ4n) is 3.07. The number of nitrogens with zero attached hydrogens (tertiary/aromatic N) is 2. The van der Waals surface area contributed by atoms with Crippen molar-refractivity contribution in [3.8, 4) is 0 Å². The van der Waals surface area contributed by atoms with Crippen molar-refractivity contribution in [2.45, 2.75) is 38.8 Å². The third kappa shape index (κ3) is 2.36. The van der Waals surface area contributed by atoms with Gasteiger partial charge in [-0.2, -0.15) is 0 Å². The minimum atomic E-state index is -0.938. The Labute approximate surface area is 139 Å². The monoisotopic (exact) mass is 329 g/mol. The zero-order valence-electron chi connectivity index (χ0n) is 13.8. The fourth-order valence-corrected chi connectivity index (χ4v) is 3.07. The van der Waals surface area contributed by atoms with Crippen LogP contribution in [0.4, 0.5) is 5.69 Å². The average Bonchev–Trinajstić information content (AvgIpc) is 2.79. The molecule has 0 bridgehead atoms. The standard InChI is InChI=1S/C17H19N3O4/c1-9(2)19(3)11-6-4-5-10-14(11)17(24)20(16(10)23)12-7-8-13(21)18-15(12)22/h4-6,9,12H,7-8H2,1-3H3,(H,18,21,22). The first kappa shape index (κ1) is 16.2. The molecule has 4 amide bonds. The number of anilines is 1. The lowest BCUT2D eigenvalue weighted by Gasteiger charge is -2.28. The van der Waals surface area contributed by atoms with Crippen LogP contribution in [0.1, 0.15) is 47.4 Å². The number of nitrogens with one attached hydrogen (secondary N) is 1. The van der Waals surface area contributed by atoms with E-state index >= 15 is 0 Å². The Morgan fingerprint density at radius 1 is 1.17 bits per heavy atom. The molecule has 1 aromatic carbocycles. The first-order chi connectivity index (χ1) is 11.3. The van der Waals surface area contributed by atoms with Gasteiger partial charge in [0, 0.05) is 19.5 Å². The maximum Gasteiger partial charge on any atom is 0.264 e. The Morgan fingerprint density at radius 3 is 2.50 bits per heavy atom. The van der Waals surface area contributed by atoms with E-state index in [2.05, 4.69) is 5.32 Å². The number of benzene rings is 1. The fraction of sp³-hybridized carbons (Fsp3) is 0.412. The molecule has 0 spiro atoms. The van der Waals surface area contributed by atoms with Crippen LogP contribution in [0.25, 0.3) is 0 Å². The molecule has 1 N–H and O–H groups in total. The highest BCUT2D eigenvalue weighted by atomic mass is 16.2. The molecule has 7 nitrogen and oxygen atoms in total. The zero-order valence-corrected chi connectivity index (χ0v) is 13.8. The summed E-state index contributed by atoms with van der Waals surface area (Å²) < 4.78 is 0. The third-order valence-corrected chi connectivity index (χ3v) is 4.60. The van der Waals surface area contributed by atoms with Crippen LogP contribution in [0.2, 0.25) is 0 Å². The van der Waals surface area contributed by atoms with E-state index in [4.69, 9.17) is 0 Å². The van der Waals surface area contributed by atoms with Crippen LogP contribution >= 0.6 is 0 Å². The van der Waals surface area contributed by atoms with Crippen LogP contribution in [-0.2, 0) is 9.59 Å². The number of fused-ring (bicyclic) bond motifs is 1. The Balaban J connectivity index is 2.01. The highest BCUT2D eigenvalue weighted by Crippen LogP contribution is 2.34. The number of amides is 4. The number of piperidine rings is 1. The normalized spacial score (nSPS) is 20.5. The summed E-state index contributed by atoms with van der Waals surface area (Å²) in [7, 11) is 1.85. The van der Waals surface area contributed by atoms with Crippen LogP contribution in [-0.4, -0.2) is 47.7 Å². The van der Waals surface area contributed by atoms with E-state index in [0.717, 1.165) is 4.90 Å². The molecule has 1 atom stereocenters. The summed E-state index contributed by atoms with van der Waals surface area (Å²) >= 11 is 0. The van der Waals surface area contributed by atoms with Crippen LogP contribution in [0, 0.1) is 0 Å². The molecule has 1 saturated heterocycles. The topological polar surface area (TPSA) is 86.8 Å². The largest absolute Gasteiger partial charge is 0.372 e. The summed E-state index contributed by atoms with van der Waals surface area (Å²) in [6.07, 6.45) is 0.272. The predicted octanol–water partition coefficient (Wildman–Crippen LogP) is 0.932. The van der Waals surface area contributed by atoms with Gasteiger partial charge in [0.15, 0.2) is 0 Å². The molecule has 1 fully saturated rings. The van der Waals surface area contributed by atoms with Crippen molar-refractivity contribution in [3.63, 3.8) is 0 Å². The number of hydrogen-bond acceptors (Lipinski definition) is 5. The minimum Gasteiger partial charge on any atom is -0.372 e. The summed E-state index contributed by atoms with van der Waals surface area (Å²) in [4.78, 5) is 51.9. The highest BCUT2D eigenvalue weighted by Gasteiger charge is 2.45. The van der Waals surface area contributed by atoms with Gasteiger partial charge in [0.25, 0.3) is 11.8 Å². The molecule has 0 radical (unpaired) electrons. The zero-order chi connectivity index (χ0) is 17.6. The molecule has 0 aliphatic carbocycles. The van der Waals surface area contributed by atoms with E-state index in [1.165, 1.54) is 0 Å². The second-order valence-corrected chi connectivity index (χ2v) is 6.35. The van der Waals surface area contributed by atoms with Crippen LogP contribution in [0.15, 0.2) is 18.2 Å². The van der Waals surface area contributed by atoms with Gasteiger partial charge >= 0.3 is 0 Å². The van der Waals surface area contributed by atoms with Crippen molar-refractivity contribution < 1.29 is 19.2 Å². The van der Waals surface area contributed by atoms with Crippen molar-refractivity contribution in [2.75, 3.05) is 11.9 Å². The van der Waals surface area contributed by atoms with Gasteiger partial charge in [-0.1, -0.05) is 6.07 Å². The van der Waals surface area contributed by atoms with Gasteiger partial charge in [-0.15, -0.1) is 0 Å². The molecule has 126 valence electrons. The third-order valence-electron chi connectivity index (χ3n) is 4.60. The molecule has 0 saturated carbocycles. The van der Waals surface area contributed by atoms with E-state index in [0.29, 0.717) is 16.8 Å². The maximum absolute atomic E-state index is 12.9. The number of imide groups is 2. The molecule has 2 aliphatic rings. The SMILES string of the molecule is CC(C)N(C)c1cccc2c1C(=O)N(C1CCC(=O)NC1=O)C2=O. The van der Waals surface area contributed by atoms with Crippen molar-refractivity contribution in [2.24, 2.45) is 0 Å². The van der Waals surface area contributed by atoms with E-state index in [-0.39, 0.29) is 24.8 Å². The number of rotatable bonds is 3. The predicted molar refractivity (Wildman–Crippen MR) is 86.7 cm³/mol. The average molecular weight is 329 g/mol. The Bertz CT molecular complexity index is 756. The Hall–Kier alpha value is -2.70. The molecule has 2 aliphatic heterocycles. The molecule has 7 heteroatoms. The number of carbonyl (C=O) groups is 4. The van der Waals surface area contributed by atoms with Gasteiger partial charge in [0.05, 0.1) is 16.8 Å². The van der Waals surface area contributed by atoms with Gasteiger partial charge in [0.1, 0.15) is 6.04 Å². The summed E-state index contributed by atoms with van der Waals surface area (Å²) in [5, 5.41) is 2.20. The molecular formula is C17H19N3O4. The lowest BCUT2D eigenvalue weighted by Crippen LogP contribution is -2.54. The van der Waals surface area contributed by atoms with Crippen molar-refractivity contribution >= 4 is 29.3 Å². The van der Waals surface area contributed by atoms with Gasteiger partial charge < -0.3 is 4.90 Å². The van der Waals surface area contributed by atoms with E-state index in [1.807, 2.05) is 25.8 Å². The smallest absolute Gasteiger partial charge is 0.264 e. The van der Waals surface area contributed by atoms with Crippen LogP contribution in [0.3, 0.4) is 0 Å².